The number of phenolic OH excluding ortho intramolecular Hbond substituents is 1. The lowest BCUT2D eigenvalue weighted by molar-refractivity contribution is 0.143. The first-order valence-electron chi connectivity index (χ1n) is 6.55. The lowest BCUT2D eigenvalue weighted by Gasteiger charge is -2.21. The largest absolute Gasteiger partial charge is 0.507 e. The second kappa shape index (κ2) is 7.04. The van der Waals surface area contributed by atoms with Crippen molar-refractivity contribution in [3.63, 3.8) is 0 Å². The average Bonchev–Trinajstić information content (AvgIpc) is 2.49. The Balaban J connectivity index is 2.35. The molecule has 2 N–H and O–H groups in total. The van der Waals surface area contributed by atoms with Crippen molar-refractivity contribution < 1.29 is 18.6 Å². The van der Waals surface area contributed by atoms with Crippen LogP contribution in [0.2, 0.25) is 0 Å². The molecule has 0 bridgehead atoms. The fourth-order valence-corrected chi connectivity index (χ4v) is 2.15. The van der Waals surface area contributed by atoms with Gasteiger partial charge in [-0.05, 0) is 17.7 Å². The monoisotopic (exact) mass is 293 g/mol. The van der Waals surface area contributed by atoms with Gasteiger partial charge < -0.3 is 15.2 Å². The summed E-state index contributed by atoms with van der Waals surface area (Å²) >= 11 is 0. The summed E-state index contributed by atoms with van der Waals surface area (Å²) < 4.78 is 30.0. The summed E-state index contributed by atoms with van der Waals surface area (Å²) in [5.41, 5.74) is 1.33. The third kappa shape index (κ3) is 3.92. The van der Waals surface area contributed by atoms with Gasteiger partial charge in [0.2, 0.25) is 0 Å². The van der Waals surface area contributed by atoms with Crippen molar-refractivity contribution in [2.45, 2.75) is 12.5 Å². The van der Waals surface area contributed by atoms with E-state index in [2.05, 4.69) is 5.32 Å². The molecule has 112 valence electrons. The van der Waals surface area contributed by atoms with E-state index in [1.165, 1.54) is 13.2 Å². The van der Waals surface area contributed by atoms with Crippen LogP contribution in [0.3, 0.4) is 0 Å². The molecule has 0 aromatic heterocycles. The van der Waals surface area contributed by atoms with Crippen LogP contribution in [0.25, 0.3) is 0 Å². The van der Waals surface area contributed by atoms with Crippen LogP contribution in [0.5, 0.6) is 11.5 Å². The molecular weight excluding hydrogens is 276 g/mol. The molecule has 5 heteroatoms. The summed E-state index contributed by atoms with van der Waals surface area (Å²) in [7, 11) is 1.50. The maximum atomic E-state index is 12.5. The minimum absolute atomic E-state index is 0.00460. The van der Waals surface area contributed by atoms with E-state index in [9.17, 15) is 13.9 Å². The molecule has 21 heavy (non-hydrogen) atoms. The van der Waals surface area contributed by atoms with Gasteiger partial charge >= 0.3 is 0 Å². The summed E-state index contributed by atoms with van der Waals surface area (Å²) in [5, 5.41) is 12.9. The molecule has 2 rings (SSSR count). The summed E-state index contributed by atoms with van der Waals surface area (Å²) in [4.78, 5) is 0. The number of hydrogen-bond donors (Lipinski definition) is 2. The maximum Gasteiger partial charge on any atom is 0.250 e. The van der Waals surface area contributed by atoms with E-state index in [0.717, 1.165) is 5.56 Å². The van der Waals surface area contributed by atoms with Gasteiger partial charge in [-0.15, -0.1) is 0 Å². The van der Waals surface area contributed by atoms with Crippen LogP contribution in [0.4, 0.5) is 8.78 Å². The van der Waals surface area contributed by atoms with Crippen molar-refractivity contribution in [3.8, 4) is 11.5 Å². The van der Waals surface area contributed by atoms with Crippen LogP contribution in [-0.2, 0) is 0 Å². The minimum Gasteiger partial charge on any atom is -0.507 e. The van der Waals surface area contributed by atoms with Crippen LogP contribution in [0.1, 0.15) is 17.2 Å². The van der Waals surface area contributed by atoms with E-state index < -0.39 is 19.0 Å². The summed E-state index contributed by atoms with van der Waals surface area (Å²) in [6.07, 6.45) is -2.46. The topological polar surface area (TPSA) is 41.5 Å². The molecule has 0 aliphatic rings. The molecule has 0 saturated carbocycles. The highest BCUT2D eigenvalue weighted by Crippen LogP contribution is 2.32. The van der Waals surface area contributed by atoms with E-state index in [1.54, 1.807) is 12.1 Å². The van der Waals surface area contributed by atoms with Gasteiger partial charge in [0.1, 0.15) is 11.5 Å². The molecular formula is C16H17F2NO2. The van der Waals surface area contributed by atoms with Crippen molar-refractivity contribution >= 4 is 0 Å². The number of benzene rings is 2. The molecule has 0 spiro atoms. The smallest absolute Gasteiger partial charge is 0.250 e. The highest BCUT2D eigenvalue weighted by atomic mass is 19.3. The van der Waals surface area contributed by atoms with Gasteiger partial charge in [0.05, 0.1) is 19.7 Å². The fraction of sp³-hybridized carbons (Fsp3) is 0.250. The van der Waals surface area contributed by atoms with Gasteiger partial charge in [0.25, 0.3) is 6.43 Å². The number of nitrogens with one attached hydrogen (secondary N) is 1. The Morgan fingerprint density at radius 2 is 1.86 bits per heavy atom. The van der Waals surface area contributed by atoms with E-state index in [0.29, 0.717) is 11.3 Å². The standard InChI is InChI=1S/C16H17F2NO2/c1-21-12-7-8-13(14(20)9-12)16(19-10-15(17)18)11-5-3-2-4-6-11/h2-9,15-16,19-20H,10H2,1H3. The van der Waals surface area contributed by atoms with Crippen molar-refractivity contribution in [1.29, 1.82) is 0 Å². The zero-order valence-corrected chi connectivity index (χ0v) is 11.6. The van der Waals surface area contributed by atoms with Crippen molar-refractivity contribution in [2.24, 2.45) is 0 Å². The van der Waals surface area contributed by atoms with Gasteiger partial charge in [0, 0.05) is 11.6 Å². The second-order valence-electron chi connectivity index (χ2n) is 4.57. The van der Waals surface area contributed by atoms with Crippen LogP contribution in [0, 0.1) is 0 Å². The van der Waals surface area contributed by atoms with Gasteiger partial charge in [-0.2, -0.15) is 0 Å². The van der Waals surface area contributed by atoms with Crippen molar-refractivity contribution in [1.82, 2.24) is 5.32 Å². The zero-order valence-electron chi connectivity index (χ0n) is 11.6. The Bertz CT molecular complexity index is 576. The molecule has 0 aliphatic heterocycles. The van der Waals surface area contributed by atoms with Crippen LogP contribution in [0.15, 0.2) is 48.5 Å². The fourth-order valence-electron chi connectivity index (χ4n) is 2.15. The molecule has 2 aromatic carbocycles. The molecule has 1 atom stereocenters. The molecule has 0 radical (unpaired) electrons. The summed E-state index contributed by atoms with van der Waals surface area (Å²) in [5.74, 6) is 0.516. The number of methoxy groups -OCH3 is 1. The predicted molar refractivity (Wildman–Crippen MR) is 77.0 cm³/mol. The molecule has 2 aromatic rings. The van der Waals surface area contributed by atoms with E-state index in [1.807, 2.05) is 30.3 Å². The van der Waals surface area contributed by atoms with E-state index in [4.69, 9.17) is 4.74 Å². The third-order valence-corrected chi connectivity index (χ3v) is 3.16. The lowest BCUT2D eigenvalue weighted by Crippen LogP contribution is -2.27. The summed E-state index contributed by atoms with van der Waals surface area (Å²) in [6, 6.07) is 13.5. The quantitative estimate of drug-likeness (QED) is 0.858. The maximum absolute atomic E-state index is 12.5. The van der Waals surface area contributed by atoms with Crippen molar-refractivity contribution in [2.75, 3.05) is 13.7 Å². The van der Waals surface area contributed by atoms with E-state index >= 15 is 0 Å². The van der Waals surface area contributed by atoms with Crippen LogP contribution >= 0.6 is 0 Å². The number of aromatic hydroxyl groups is 1. The minimum atomic E-state index is -2.46. The average molecular weight is 293 g/mol. The van der Waals surface area contributed by atoms with Crippen molar-refractivity contribution in [3.05, 3.63) is 59.7 Å². The van der Waals surface area contributed by atoms with Gasteiger partial charge in [-0.3, -0.25) is 0 Å². The Kier molecular flexibility index (Phi) is 5.11. The lowest BCUT2D eigenvalue weighted by atomic mass is 9.97. The first-order valence-corrected chi connectivity index (χ1v) is 6.55. The summed E-state index contributed by atoms with van der Waals surface area (Å²) in [6.45, 7) is -0.453. The number of halogens is 2. The molecule has 0 fully saturated rings. The highest BCUT2D eigenvalue weighted by molar-refractivity contribution is 5.45. The molecule has 0 amide bonds. The zero-order chi connectivity index (χ0) is 15.2. The Labute approximate surface area is 122 Å². The third-order valence-electron chi connectivity index (χ3n) is 3.16. The number of hydrogen-bond acceptors (Lipinski definition) is 3. The van der Waals surface area contributed by atoms with E-state index in [-0.39, 0.29) is 5.75 Å². The first kappa shape index (κ1) is 15.3. The van der Waals surface area contributed by atoms with Gasteiger partial charge in [-0.1, -0.05) is 30.3 Å². The molecule has 3 nitrogen and oxygen atoms in total. The number of rotatable bonds is 6. The number of ether oxygens (including phenoxy) is 1. The Morgan fingerprint density at radius 1 is 1.14 bits per heavy atom. The van der Waals surface area contributed by atoms with Gasteiger partial charge in [-0.25, -0.2) is 8.78 Å². The van der Waals surface area contributed by atoms with Crippen LogP contribution in [-0.4, -0.2) is 25.2 Å². The highest BCUT2D eigenvalue weighted by Gasteiger charge is 2.19. The normalized spacial score (nSPS) is 12.4. The van der Waals surface area contributed by atoms with Crippen LogP contribution < -0.4 is 10.1 Å². The molecule has 1 unspecified atom stereocenters. The first-order chi connectivity index (χ1) is 10.1. The Morgan fingerprint density at radius 3 is 2.43 bits per heavy atom. The van der Waals surface area contributed by atoms with Gasteiger partial charge in [0.15, 0.2) is 0 Å². The Hall–Kier alpha value is -2.14. The molecule has 0 aliphatic carbocycles. The predicted octanol–water partition coefficient (Wildman–Crippen LogP) is 3.34. The molecule has 0 heterocycles. The molecule has 0 saturated heterocycles. The number of phenols is 1. The SMILES string of the molecule is COc1ccc(C(NCC(F)F)c2ccccc2)c(O)c1. The second-order valence-corrected chi connectivity index (χ2v) is 4.57. The number of alkyl halides is 2.